The molecule has 8 heteroatoms. The first-order chi connectivity index (χ1) is 15.1. The summed E-state index contributed by atoms with van der Waals surface area (Å²) in [6.45, 7) is 2.96. The molecule has 1 amide bonds. The van der Waals surface area contributed by atoms with Crippen LogP contribution < -0.4 is 30.4 Å². The van der Waals surface area contributed by atoms with Crippen molar-refractivity contribution in [2.75, 3.05) is 21.3 Å². The lowest BCUT2D eigenvalue weighted by Crippen LogP contribution is -2.44. The molecule has 8 nitrogen and oxygen atoms in total. The third-order valence-electron chi connectivity index (χ3n) is 5.64. The van der Waals surface area contributed by atoms with E-state index in [4.69, 9.17) is 14.2 Å². The van der Waals surface area contributed by atoms with E-state index in [1.165, 1.54) is 0 Å². The number of nitrogens with zero attached hydrogens (tertiary/aromatic N) is 1. The molecule has 0 saturated carbocycles. The monoisotopic (exact) mass is 424 g/mol. The Kier molecular flexibility index (Phi) is 6.01. The second-order valence-electron chi connectivity index (χ2n) is 7.44. The number of benzene rings is 2. The molecule has 4 rings (SSSR count). The molecule has 0 aliphatic carbocycles. The number of rotatable bonds is 7. The normalized spacial score (nSPS) is 18.2. The van der Waals surface area contributed by atoms with Crippen LogP contribution in [0.1, 0.15) is 35.4 Å². The first kappa shape index (κ1) is 21.0. The number of aryl methyl sites for hydroxylation is 1. The zero-order valence-corrected chi connectivity index (χ0v) is 18.2. The predicted molar refractivity (Wildman–Crippen MR) is 119 cm³/mol. The fourth-order valence-corrected chi connectivity index (χ4v) is 4.05. The van der Waals surface area contributed by atoms with E-state index in [9.17, 15) is 4.79 Å². The van der Waals surface area contributed by atoms with Crippen LogP contribution in [-0.2, 0) is 6.54 Å². The van der Waals surface area contributed by atoms with Crippen molar-refractivity contribution < 1.29 is 19.0 Å². The van der Waals surface area contributed by atoms with Crippen molar-refractivity contribution in [3.8, 4) is 17.2 Å². The van der Waals surface area contributed by atoms with Crippen molar-refractivity contribution in [2.24, 2.45) is 0 Å². The molecular weight excluding hydrogens is 396 g/mol. The van der Waals surface area contributed by atoms with Crippen LogP contribution in [0.25, 0.3) is 10.9 Å². The molecule has 1 aliphatic rings. The van der Waals surface area contributed by atoms with Crippen LogP contribution in [0.4, 0.5) is 0 Å². The molecule has 2 atom stereocenters. The smallest absolute Gasteiger partial charge is 0.252 e. The number of hydrogen-bond acceptors (Lipinski definition) is 6. The fraction of sp³-hybridized carbons (Fsp3) is 0.348. The van der Waals surface area contributed by atoms with Crippen molar-refractivity contribution in [1.82, 2.24) is 20.7 Å². The van der Waals surface area contributed by atoms with Gasteiger partial charge < -0.3 is 24.1 Å². The average molecular weight is 425 g/mol. The molecule has 3 N–H and O–H groups in total. The summed E-state index contributed by atoms with van der Waals surface area (Å²) in [5.41, 5.74) is 9.30. The fourth-order valence-electron chi connectivity index (χ4n) is 4.05. The minimum absolute atomic E-state index is 0.0588. The van der Waals surface area contributed by atoms with E-state index in [0.29, 0.717) is 23.5 Å². The largest absolute Gasteiger partial charge is 0.497 e. The number of amides is 1. The number of carbonyl (C=O) groups is 1. The Hall–Kier alpha value is -3.23. The lowest BCUT2D eigenvalue weighted by atomic mass is 10.1. The van der Waals surface area contributed by atoms with Crippen molar-refractivity contribution in [2.45, 2.75) is 32.1 Å². The van der Waals surface area contributed by atoms with Crippen molar-refractivity contribution in [3.63, 3.8) is 0 Å². The average Bonchev–Trinajstić information content (AvgIpc) is 3.41. The minimum atomic E-state index is -0.215. The molecular formula is C23H28N4O4. The number of nitrogens with one attached hydrogen (secondary N) is 3. The van der Waals surface area contributed by atoms with Crippen LogP contribution in [0.15, 0.2) is 42.5 Å². The van der Waals surface area contributed by atoms with Gasteiger partial charge in [0.15, 0.2) is 0 Å². The standard InChI is InChI=1S/C23H28N4O4/c1-5-27-20-12-16(29-2)7-6-14(20)10-21(27)19-13-22(26-25-19)24-23(28)15-8-17(30-3)11-18(9-15)31-4/h6-12,19,22,25-26H,5,13H2,1-4H3,(H,24,28). The molecule has 1 aromatic heterocycles. The van der Waals surface area contributed by atoms with Crippen LogP contribution in [0.2, 0.25) is 0 Å². The Labute approximate surface area is 181 Å². The number of hydrazine groups is 1. The third-order valence-corrected chi connectivity index (χ3v) is 5.64. The summed E-state index contributed by atoms with van der Waals surface area (Å²) in [5.74, 6) is 1.78. The molecule has 3 aromatic rings. The molecule has 164 valence electrons. The summed E-state index contributed by atoms with van der Waals surface area (Å²) in [6.07, 6.45) is 0.493. The summed E-state index contributed by atoms with van der Waals surface area (Å²) in [4.78, 5) is 12.8. The maximum absolute atomic E-state index is 12.8. The van der Waals surface area contributed by atoms with E-state index in [2.05, 4.69) is 45.9 Å². The van der Waals surface area contributed by atoms with Crippen LogP contribution in [0, 0.1) is 0 Å². The third kappa shape index (κ3) is 4.17. The molecule has 2 unspecified atom stereocenters. The quantitative estimate of drug-likeness (QED) is 0.541. The van der Waals surface area contributed by atoms with Crippen molar-refractivity contribution in [3.05, 3.63) is 53.7 Å². The van der Waals surface area contributed by atoms with E-state index in [1.807, 2.05) is 6.07 Å². The highest BCUT2D eigenvalue weighted by atomic mass is 16.5. The highest BCUT2D eigenvalue weighted by Gasteiger charge is 2.29. The first-order valence-corrected chi connectivity index (χ1v) is 10.3. The summed E-state index contributed by atoms with van der Waals surface area (Å²) >= 11 is 0. The maximum Gasteiger partial charge on any atom is 0.252 e. The van der Waals surface area contributed by atoms with E-state index in [0.717, 1.165) is 28.9 Å². The predicted octanol–water partition coefficient (Wildman–Crippen LogP) is 2.98. The molecule has 31 heavy (non-hydrogen) atoms. The van der Waals surface area contributed by atoms with Gasteiger partial charge in [0.05, 0.1) is 39.1 Å². The van der Waals surface area contributed by atoms with Gasteiger partial charge in [0.25, 0.3) is 5.91 Å². The SMILES string of the molecule is CCn1c(C2CC(NC(=O)c3cc(OC)cc(OC)c3)NN2)cc2ccc(OC)cc21. The second kappa shape index (κ2) is 8.87. The van der Waals surface area contributed by atoms with Crippen LogP contribution in [-0.4, -0.2) is 38.0 Å². The lowest BCUT2D eigenvalue weighted by Gasteiger charge is -2.15. The Morgan fingerprint density at radius 3 is 2.35 bits per heavy atom. The zero-order chi connectivity index (χ0) is 22.0. The maximum atomic E-state index is 12.8. The van der Waals surface area contributed by atoms with Gasteiger partial charge in [-0.05, 0) is 37.3 Å². The van der Waals surface area contributed by atoms with Gasteiger partial charge in [-0.25, -0.2) is 10.9 Å². The molecule has 1 saturated heterocycles. The number of hydrogen-bond donors (Lipinski definition) is 3. The Bertz CT molecular complexity index is 1070. The number of carbonyl (C=O) groups excluding carboxylic acids is 1. The molecule has 2 heterocycles. The van der Waals surface area contributed by atoms with E-state index in [1.54, 1.807) is 39.5 Å². The summed E-state index contributed by atoms with van der Waals surface area (Å²) in [7, 11) is 4.80. The van der Waals surface area contributed by atoms with Gasteiger partial charge >= 0.3 is 0 Å². The number of fused-ring (bicyclic) bond motifs is 1. The topological polar surface area (TPSA) is 85.8 Å². The zero-order valence-electron chi connectivity index (χ0n) is 18.2. The van der Waals surface area contributed by atoms with Crippen LogP contribution >= 0.6 is 0 Å². The van der Waals surface area contributed by atoms with Crippen LogP contribution in [0.3, 0.4) is 0 Å². The molecule has 0 bridgehead atoms. The van der Waals surface area contributed by atoms with E-state index in [-0.39, 0.29) is 18.1 Å². The number of aromatic nitrogens is 1. The number of methoxy groups -OCH3 is 3. The summed E-state index contributed by atoms with van der Waals surface area (Å²) in [6, 6.07) is 13.5. The molecule has 1 fully saturated rings. The van der Waals surface area contributed by atoms with Crippen LogP contribution in [0.5, 0.6) is 17.2 Å². The van der Waals surface area contributed by atoms with Gasteiger partial charge in [0.2, 0.25) is 0 Å². The van der Waals surface area contributed by atoms with Gasteiger partial charge in [-0.1, -0.05) is 0 Å². The summed E-state index contributed by atoms with van der Waals surface area (Å²) < 4.78 is 18.2. The van der Waals surface area contributed by atoms with E-state index >= 15 is 0 Å². The Balaban J connectivity index is 1.50. The highest BCUT2D eigenvalue weighted by molar-refractivity contribution is 5.95. The van der Waals surface area contributed by atoms with Gasteiger partial charge in [-0.3, -0.25) is 4.79 Å². The molecule has 1 aliphatic heterocycles. The van der Waals surface area contributed by atoms with Crippen molar-refractivity contribution in [1.29, 1.82) is 0 Å². The summed E-state index contributed by atoms with van der Waals surface area (Å²) in [5, 5.41) is 4.20. The van der Waals surface area contributed by atoms with Gasteiger partial charge in [0, 0.05) is 41.7 Å². The van der Waals surface area contributed by atoms with E-state index < -0.39 is 0 Å². The Morgan fingerprint density at radius 2 is 1.71 bits per heavy atom. The van der Waals surface area contributed by atoms with Crippen molar-refractivity contribution >= 4 is 16.8 Å². The molecule has 2 aromatic carbocycles. The Morgan fingerprint density at radius 1 is 1.00 bits per heavy atom. The van der Waals surface area contributed by atoms with Gasteiger partial charge in [0.1, 0.15) is 17.2 Å². The molecule has 0 spiro atoms. The first-order valence-electron chi connectivity index (χ1n) is 10.3. The van der Waals surface area contributed by atoms with Gasteiger partial charge in [-0.15, -0.1) is 0 Å². The number of ether oxygens (including phenoxy) is 3. The molecule has 0 radical (unpaired) electrons. The van der Waals surface area contributed by atoms with Gasteiger partial charge in [-0.2, -0.15) is 0 Å². The highest BCUT2D eigenvalue weighted by Crippen LogP contribution is 2.31. The lowest BCUT2D eigenvalue weighted by molar-refractivity contribution is 0.0931. The minimum Gasteiger partial charge on any atom is -0.497 e. The second-order valence-corrected chi connectivity index (χ2v) is 7.44.